The molecule has 1 aliphatic rings. The van der Waals surface area contributed by atoms with Gasteiger partial charge in [-0.15, -0.1) is 0 Å². The summed E-state index contributed by atoms with van der Waals surface area (Å²) in [4.78, 5) is 14.0. The zero-order valence-corrected chi connectivity index (χ0v) is 12.8. The summed E-state index contributed by atoms with van der Waals surface area (Å²) in [5.74, 6) is -1.54. The zero-order chi connectivity index (χ0) is 16.4. The van der Waals surface area contributed by atoms with Crippen molar-refractivity contribution in [1.82, 2.24) is 15.1 Å². The van der Waals surface area contributed by atoms with Crippen molar-refractivity contribution in [2.24, 2.45) is 13.0 Å². The van der Waals surface area contributed by atoms with Crippen LogP contribution in [-0.2, 0) is 7.05 Å². The number of carbonyl (C=O) groups is 1. The molecule has 23 heavy (non-hydrogen) atoms. The number of aryl methyl sites for hydroxylation is 1. The summed E-state index contributed by atoms with van der Waals surface area (Å²) in [7, 11) is 1.76. The molecule has 1 atom stereocenters. The summed E-state index contributed by atoms with van der Waals surface area (Å²) in [6, 6.07) is 3.93. The van der Waals surface area contributed by atoms with Gasteiger partial charge in [-0.05, 0) is 24.5 Å². The molecule has 5 nitrogen and oxygen atoms in total. The van der Waals surface area contributed by atoms with Gasteiger partial charge < -0.3 is 10.2 Å². The van der Waals surface area contributed by atoms with Crippen LogP contribution in [0.3, 0.4) is 0 Å². The zero-order valence-electron chi connectivity index (χ0n) is 12.8. The Morgan fingerprint density at radius 3 is 2.91 bits per heavy atom. The summed E-state index contributed by atoms with van der Waals surface area (Å²) in [6.45, 7) is 2.02. The van der Waals surface area contributed by atoms with Gasteiger partial charge in [-0.2, -0.15) is 5.10 Å². The summed E-state index contributed by atoms with van der Waals surface area (Å²) in [6.07, 6.45) is 4.08. The molecule has 0 radical (unpaired) electrons. The summed E-state index contributed by atoms with van der Waals surface area (Å²) in [5.41, 5.74) is 1.20. The van der Waals surface area contributed by atoms with Crippen molar-refractivity contribution in [3.63, 3.8) is 0 Å². The molecule has 1 aliphatic heterocycles. The number of halogens is 2. The summed E-state index contributed by atoms with van der Waals surface area (Å²) in [5, 5.41) is 6.86. The third-order valence-electron chi connectivity index (χ3n) is 4.07. The van der Waals surface area contributed by atoms with Crippen LogP contribution in [0.15, 0.2) is 30.6 Å². The van der Waals surface area contributed by atoms with Crippen LogP contribution in [0.25, 0.3) is 0 Å². The fraction of sp³-hybridized carbons (Fsp3) is 0.375. The molecule has 7 heteroatoms. The number of nitrogens with one attached hydrogen (secondary N) is 1. The maximum Gasteiger partial charge on any atom is 0.254 e. The third kappa shape index (κ3) is 3.49. The highest BCUT2D eigenvalue weighted by atomic mass is 19.2. The first kappa shape index (κ1) is 15.5. The smallest absolute Gasteiger partial charge is 0.254 e. The van der Waals surface area contributed by atoms with E-state index in [-0.39, 0.29) is 11.8 Å². The fourth-order valence-corrected chi connectivity index (χ4v) is 2.79. The quantitative estimate of drug-likeness (QED) is 0.937. The maximum atomic E-state index is 13.3. The lowest BCUT2D eigenvalue weighted by atomic mass is 10.1. The Morgan fingerprint density at radius 2 is 2.22 bits per heavy atom. The Balaban J connectivity index is 1.53. The van der Waals surface area contributed by atoms with E-state index in [1.807, 2.05) is 4.90 Å². The molecular weight excluding hydrogens is 302 g/mol. The van der Waals surface area contributed by atoms with Crippen LogP contribution < -0.4 is 10.2 Å². The Labute approximate surface area is 132 Å². The predicted octanol–water partition coefficient (Wildman–Crippen LogP) is 1.95. The first-order valence-electron chi connectivity index (χ1n) is 7.50. The van der Waals surface area contributed by atoms with E-state index in [4.69, 9.17) is 0 Å². The minimum atomic E-state index is -0.840. The second kappa shape index (κ2) is 6.36. The van der Waals surface area contributed by atoms with Gasteiger partial charge in [0.15, 0.2) is 11.6 Å². The molecule has 1 N–H and O–H groups in total. The van der Waals surface area contributed by atoms with E-state index in [9.17, 15) is 13.6 Å². The lowest BCUT2D eigenvalue weighted by Gasteiger charge is -2.19. The molecule has 0 spiro atoms. The van der Waals surface area contributed by atoms with Crippen LogP contribution >= 0.6 is 0 Å². The van der Waals surface area contributed by atoms with Gasteiger partial charge in [-0.25, -0.2) is 8.78 Å². The van der Waals surface area contributed by atoms with Gasteiger partial charge in [-0.3, -0.25) is 9.48 Å². The first-order chi connectivity index (χ1) is 11.0. The van der Waals surface area contributed by atoms with Gasteiger partial charge in [-0.1, -0.05) is 0 Å². The van der Waals surface area contributed by atoms with Crippen LogP contribution in [-0.4, -0.2) is 35.3 Å². The van der Waals surface area contributed by atoms with Crippen molar-refractivity contribution in [1.29, 1.82) is 0 Å². The van der Waals surface area contributed by atoms with Crippen molar-refractivity contribution >= 4 is 11.6 Å². The number of hydrogen-bond donors (Lipinski definition) is 1. The molecular formula is C16H18F2N4O. The monoisotopic (exact) mass is 320 g/mol. The van der Waals surface area contributed by atoms with Gasteiger partial charge in [0.2, 0.25) is 0 Å². The Kier molecular flexibility index (Phi) is 4.27. The number of nitrogens with zero attached hydrogens (tertiary/aromatic N) is 3. The van der Waals surface area contributed by atoms with E-state index in [1.165, 1.54) is 12.3 Å². The predicted molar refractivity (Wildman–Crippen MR) is 82.2 cm³/mol. The van der Waals surface area contributed by atoms with Crippen molar-refractivity contribution in [2.45, 2.75) is 6.42 Å². The Hall–Kier alpha value is -2.44. The van der Waals surface area contributed by atoms with Gasteiger partial charge >= 0.3 is 0 Å². The molecule has 1 fully saturated rings. The molecule has 122 valence electrons. The van der Waals surface area contributed by atoms with Crippen molar-refractivity contribution < 1.29 is 13.6 Å². The normalized spacial score (nSPS) is 17.5. The molecule has 1 saturated heterocycles. The van der Waals surface area contributed by atoms with Crippen LogP contribution in [0.4, 0.5) is 14.5 Å². The number of benzene rings is 1. The van der Waals surface area contributed by atoms with Gasteiger partial charge in [0.05, 0.1) is 11.8 Å². The molecule has 1 amide bonds. The molecule has 0 aliphatic carbocycles. The second-order valence-electron chi connectivity index (χ2n) is 5.81. The molecule has 1 aromatic heterocycles. The fourth-order valence-electron chi connectivity index (χ4n) is 2.79. The number of aromatic nitrogens is 2. The maximum absolute atomic E-state index is 13.3. The molecule has 1 unspecified atom stereocenters. The van der Waals surface area contributed by atoms with Gasteiger partial charge in [0.1, 0.15) is 0 Å². The topological polar surface area (TPSA) is 50.2 Å². The molecule has 2 heterocycles. The van der Waals surface area contributed by atoms with Gasteiger partial charge in [0.25, 0.3) is 5.91 Å². The molecule has 2 aromatic rings. The SMILES string of the molecule is Cn1cc(C(=O)NCC2CCN(c3ccc(F)c(F)c3)C2)cn1. The number of carbonyl (C=O) groups excluding carboxylic acids is 1. The lowest BCUT2D eigenvalue weighted by molar-refractivity contribution is 0.0948. The van der Waals surface area contributed by atoms with Crippen molar-refractivity contribution in [2.75, 3.05) is 24.5 Å². The van der Waals surface area contributed by atoms with Crippen LogP contribution in [0, 0.1) is 17.6 Å². The first-order valence-corrected chi connectivity index (χ1v) is 7.50. The Morgan fingerprint density at radius 1 is 1.39 bits per heavy atom. The third-order valence-corrected chi connectivity index (χ3v) is 4.07. The van der Waals surface area contributed by atoms with E-state index >= 15 is 0 Å². The summed E-state index contributed by atoms with van der Waals surface area (Å²) < 4.78 is 27.9. The average molecular weight is 320 g/mol. The van der Waals surface area contributed by atoms with E-state index in [0.29, 0.717) is 24.3 Å². The number of hydrogen-bond acceptors (Lipinski definition) is 3. The van der Waals surface area contributed by atoms with Crippen molar-refractivity contribution in [3.05, 3.63) is 47.8 Å². The van der Waals surface area contributed by atoms with E-state index in [2.05, 4.69) is 10.4 Å². The highest BCUT2D eigenvalue weighted by Crippen LogP contribution is 2.25. The highest BCUT2D eigenvalue weighted by Gasteiger charge is 2.24. The van der Waals surface area contributed by atoms with Crippen LogP contribution in [0.5, 0.6) is 0 Å². The van der Waals surface area contributed by atoms with E-state index in [1.54, 1.807) is 24.0 Å². The lowest BCUT2D eigenvalue weighted by Crippen LogP contribution is -2.30. The Bertz CT molecular complexity index is 716. The van der Waals surface area contributed by atoms with E-state index < -0.39 is 11.6 Å². The largest absolute Gasteiger partial charge is 0.371 e. The number of amides is 1. The number of rotatable bonds is 4. The summed E-state index contributed by atoms with van der Waals surface area (Å²) >= 11 is 0. The molecule has 1 aromatic carbocycles. The van der Waals surface area contributed by atoms with Crippen molar-refractivity contribution in [3.8, 4) is 0 Å². The second-order valence-corrected chi connectivity index (χ2v) is 5.81. The molecule has 0 saturated carbocycles. The molecule has 3 rings (SSSR count). The van der Waals surface area contributed by atoms with E-state index in [0.717, 1.165) is 19.0 Å². The minimum Gasteiger partial charge on any atom is -0.371 e. The van der Waals surface area contributed by atoms with Crippen LogP contribution in [0.1, 0.15) is 16.8 Å². The number of anilines is 1. The minimum absolute atomic E-state index is 0.149. The average Bonchev–Trinajstić information content (AvgIpc) is 3.17. The molecule has 0 bridgehead atoms. The van der Waals surface area contributed by atoms with Gasteiger partial charge in [0, 0.05) is 44.6 Å². The van der Waals surface area contributed by atoms with Crippen LogP contribution in [0.2, 0.25) is 0 Å². The standard InChI is InChI=1S/C16H18F2N4O/c1-21-10-12(8-20-21)16(23)19-7-11-4-5-22(9-11)13-2-3-14(17)15(18)6-13/h2-3,6,8,10-11H,4-5,7,9H2,1H3,(H,19,23). The highest BCUT2D eigenvalue weighted by molar-refractivity contribution is 5.93.